The van der Waals surface area contributed by atoms with Crippen LogP contribution >= 0.6 is 0 Å². The first kappa shape index (κ1) is 13.6. The molecule has 2 bridgehead atoms. The normalized spacial score (nSPS) is 59.0. The van der Waals surface area contributed by atoms with Crippen LogP contribution < -0.4 is 0 Å². The minimum Gasteiger partial charge on any atom is -0.462 e. The molecule has 7 atom stereocenters. The fourth-order valence-electron chi connectivity index (χ4n) is 8.11. The standard InChI is InChI=1S/C20H28O2/c1-12-9-20-10-13(12)5-6-15(20)18(2)7-4-8-19(3)16(18)14(11-20)22-17(19)21/h13-16H,1,4-11H2,2-3H3/t13?,14-,15-,16-,18-,19-,20?/m1/s1. The number of ether oxygens (including phenoxy) is 1. The Morgan fingerprint density at radius 2 is 2.00 bits per heavy atom. The molecule has 0 N–H and O–H groups in total. The van der Waals surface area contributed by atoms with Gasteiger partial charge in [-0.25, -0.2) is 0 Å². The molecule has 2 heteroatoms. The van der Waals surface area contributed by atoms with Gasteiger partial charge in [-0.3, -0.25) is 4.79 Å². The molecule has 1 spiro atoms. The van der Waals surface area contributed by atoms with E-state index >= 15 is 0 Å². The molecular weight excluding hydrogens is 272 g/mol. The quantitative estimate of drug-likeness (QED) is 0.486. The molecule has 1 aliphatic heterocycles. The van der Waals surface area contributed by atoms with Crippen LogP contribution in [0.15, 0.2) is 12.2 Å². The van der Waals surface area contributed by atoms with E-state index in [0.717, 1.165) is 24.7 Å². The van der Waals surface area contributed by atoms with Crippen LogP contribution in [-0.2, 0) is 9.53 Å². The molecule has 4 saturated carbocycles. The third-order valence-corrected chi connectivity index (χ3v) is 8.66. The molecule has 1 saturated heterocycles. The molecule has 2 unspecified atom stereocenters. The van der Waals surface area contributed by atoms with Crippen LogP contribution in [0.2, 0.25) is 0 Å². The Labute approximate surface area is 133 Å². The highest BCUT2D eigenvalue weighted by Gasteiger charge is 2.71. The molecule has 0 radical (unpaired) electrons. The van der Waals surface area contributed by atoms with Crippen LogP contribution in [0.3, 0.4) is 0 Å². The summed E-state index contributed by atoms with van der Waals surface area (Å²) in [5.41, 5.74) is 2.00. The van der Waals surface area contributed by atoms with Crippen molar-refractivity contribution in [1.82, 2.24) is 0 Å². The molecule has 4 aliphatic carbocycles. The average Bonchev–Trinajstić information content (AvgIpc) is 2.82. The van der Waals surface area contributed by atoms with Crippen LogP contribution in [0, 0.1) is 34.0 Å². The van der Waals surface area contributed by atoms with Crippen molar-refractivity contribution in [1.29, 1.82) is 0 Å². The smallest absolute Gasteiger partial charge is 0.312 e. The number of esters is 1. The molecule has 120 valence electrons. The van der Waals surface area contributed by atoms with E-state index in [1.54, 1.807) is 0 Å². The first-order valence-corrected chi connectivity index (χ1v) is 9.28. The topological polar surface area (TPSA) is 26.3 Å². The maximum absolute atomic E-state index is 12.6. The highest BCUT2D eigenvalue weighted by molar-refractivity contribution is 5.80. The minimum atomic E-state index is -0.203. The number of rotatable bonds is 0. The van der Waals surface area contributed by atoms with Crippen molar-refractivity contribution in [2.24, 2.45) is 34.0 Å². The molecule has 1 heterocycles. The van der Waals surface area contributed by atoms with Gasteiger partial charge < -0.3 is 4.74 Å². The van der Waals surface area contributed by atoms with Gasteiger partial charge in [-0.2, -0.15) is 0 Å². The Bertz CT molecular complexity index is 580. The maximum Gasteiger partial charge on any atom is 0.312 e. The molecule has 2 nitrogen and oxygen atoms in total. The van der Waals surface area contributed by atoms with E-state index in [0.29, 0.717) is 16.7 Å². The second-order valence-corrected chi connectivity index (χ2v) is 9.63. The second-order valence-electron chi connectivity index (χ2n) is 9.63. The van der Waals surface area contributed by atoms with Gasteiger partial charge in [0.25, 0.3) is 0 Å². The summed E-state index contributed by atoms with van der Waals surface area (Å²) in [6, 6.07) is 0. The van der Waals surface area contributed by atoms with Gasteiger partial charge in [0.05, 0.1) is 5.41 Å². The Kier molecular flexibility index (Phi) is 2.36. The lowest BCUT2D eigenvalue weighted by Gasteiger charge is -2.62. The molecule has 22 heavy (non-hydrogen) atoms. The van der Waals surface area contributed by atoms with Crippen LogP contribution in [0.25, 0.3) is 0 Å². The molecular formula is C20H28O2. The summed E-state index contributed by atoms with van der Waals surface area (Å²) < 4.78 is 6.01. The third kappa shape index (κ3) is 1.33. The van der Waals surface area contributed by atoms with Gasteiger partial charge in [-0.05, 0) is 74.5 Å². The maximum atomic E-state index is 12.6. The summed E-state index contributed by atoms with van der Waals surface area (Å²) in [6.07, 6.45) is 10.1. The van der Waals surface area contributed by atoms with Crippen molar-refractivity contribution < 1.29 is 9.53 Å². The average molecular weight is 300 g/mol. The van der Waals surface area contributed by atoms with Gasteiger partial charge >= 0.3 is 5.97 Å². The zero-order valence-corrected chi connectivity index (χ0v) is 14.0. The lowest BCUT2D eigenvalue weighted by molar-refractivity contribution is -0.157. The molecule has 0 aromatic carbocycles. The number of hydrogen-bond acceptors (Lipinski definition) is 2. The van der Waals surface area contributed by atoms with Crippen molar-refractivity contribution >= 4 is 5.97 Å². The fourth-order valence-corrected chi connectivity index (χ4v) is 8.11. The van der Waals surface area contributed by atoms with Gasteiger partial charge in [-0.15, -0.1) is 0 Å². The number of hydrogen-bond donors (Lipinski definition) is 0. The lowest BCUT2D eigenvalue weighted by Crippen LogP contribution is -2.59. The van der Waals surface area contributed by atoms with Crippen molar-refractivity contribution in [2.75, 3.05) is 0 Å². The first-order chi connectivity index (χ1) is 10.4. The molecule has 0 aromatic rings. The van der Waals surface area contributed by atoms with Crippen molar-refractivity contribution in [3.63, 3.8) is 0 Å². The van der Waals surface area contributed by atoms with E-state index in [-0.39, 0.29) is 17.5 Å². The highest BCUT2D eigenvalue weighted by atomic mass is 16.6. The first-order valence-electron chi connectivity index (χ1n) is 9.28. The fraction of sp³-hybridized carbons (Fsp3) is 0.850. The monoisotopic (exact) mass is 300 g/mol. The summed E-state index contributed by atoms with van der Waals surface area (Å²) in [6.45, 7) is 9.11. The lowest BCUT2D eigenvalue weighted by atomic mass is 9.41. The van der Waals surface area contributed by atoms with E-state index in [1.165, 1.54) is 44.1 Å². The van der Waals surface area contributed by atoms with E-state index in [2.05, 4.69) is 20.4 Å². The van der Waals surface area contributed by atoms with Crippen LogP contribution in [0.1, 0.15) is 65.2 Å². The number of carbonyl (C=O) groups is 1. The predicted octanol–water partition coefficient (Wildman–Crippen LogP) is 4.49. The van der Waals surface area contributed by atoms with E-state index < -0.39 is 0 Å². The number of fused-ring (bicyclic) bond motifs is 2. The molecule has 0 aromatic heterocycles. The molecule has 5 rings (SSSR count). The van der Waals surface area contributed by atoms with E-state index in [4.69, 9.17) is 4.74 Å². The molecule has 5 fully saturated rings. The Morgan fingerprint density at radius 3 is 2.82 bits per heavy atom. The summed E-state index contributed by atoms with van der Waals surface area (Å²) in [5, 5.41) is 0. The largest absolute Gasteiger partial charge is 0.462 e. The Hall–Kier alpha value is -0.790. The highest BCUT2D eigenvalue weighted by Crippen LogP contribution is 2.74. The summed E-state index contributed by atoms with van der Waals surface area (Å²) in [4.78, 5) is 12.6. The number of allylic oxidation sites excluding steroid dienone is 1. The molecule has 5 aliphatic rings. The Morgan fingerprint density at radius 1 is 1.18 bits per heavy atom. The van der Waals surface area contributed by atoms with Gasteiger partial charge in [0.2, 0.25) is 0 Å². The van der Waals surface area contributed by atoms with Crippen LogP contribution in [-0.4, -0.2) is 12.1 Å². The van der Waals surface area contributed by atoms with Crippen LogP contribution in [0.4, 0.5) is 0 Å². The van der Waals surface area contributed by atoms with Crippen molar-refractivity contribution in [3.8, 4) is 0 Å². The zero-order valence-electron chi connectivity index (χ0n) is 14.0. The van der Waals surface area contributed by atoms with E-state index in [9.17, 15) is 4.79 Å². The second kappa shape index (κ2) is 3.82. The minimum absolute atomic E-state index is 0.108. The van der Waals surface area contributed by atoms with Gasteiger partial charge in [0.15, 0.2) is 0 Å². The summed E-state index contributed by atoms with van der Waals surface area (Å²) >= 11 is 0. The third-order valence-electron chi connectivity index (χ3n) is 8.66. The molecule has 0 amide bonds. The number of carbonyl (C=O) groups excluding carboxylic acids is 1. The van der Waals surface area contributed by atoms with Crippen LogP contribution in [0.5, 0.6) is 0 Å². The Balaban J connectivity index is 1.65. The van der Waals surface area contributed by atoms with E-state index in [1.807, 2.05) is 0 Å². The van der Waals surface area contributed by atoms with Crippen molar-refractivity contribution in [3.05, 3.63) is 12.2 Å². The van der Waals surface area contributed by atoms with Crippen molar-refractivity contribution in [2.45, 2.75) is 71.3 Å². The van der Waals surface area contributed by atoms with Gasteiger partial charge in [-0.1, -0.05) is 25.5 Å². The zero-order chi connectivity index (χ0) is 15.3. The van der Waals surface area contributed by atoms with Gasteiger partial charge in [0.1, 0.15) is 6.10 Å². The SMILES string of the molecule is C=C1CC23CC1CC[C@@H]2[C@@]1(C)CCC[C@@]2(C)C(=O)O[C@H](C3)[C@H]12. The summed E-state index contributed by atoms with van der Waals surface area (Å²) in [5.74, 6) is 2.11. The van der Waals surface area contributed by atoms with Gasteiger partial charge in [0, 0.05) is 5.92 Å². The summed E-state index contributed by atoms with van der Waals surface area (Å²) in [7, 11) is 0. The predicted molar refractivity (Wildman–Crippen MR) is 85.1 cm³/mol.